The van der Waals surface area contributed by atoms with Crippen LogP contribution in [-0.2, 0) is 19.4 Å². The van der Waals surface area contributed by atoms with Crippen molar-refractivity contribution >= 4 is 21.6 Å². The summed E-state index contributed by atoms with van der Waals surface area (Å²) >= 11 is 0. The molecule has 2 aliphatic rings. The van der Waals surface area contributed by atoms with Crippen LogP contribution in [-0.4, -0.2) is 37.9 Å². The summed E-state index contributed by atoms with van der Waals surface area (Å²) in [6, 6.07) is 8.48. The molecule has 1 amide bonds. The van der Waals surface area contributed by atoms with Gasteiger partial charge in [0, 0.05) is 19.3 Å². The molecule has 156 valence electrons. The molecule has 0 radical (unpaired) electrons. The number of hydrogen-bond donors (Lipinski definition) is 1. The zero-order valence-corrected chi connectivity index (χ0v) is 17.3. The van der Waals surface area contributed by atoms with E-state index in [0.717, 1.165) is 31.2 Å². The van der Waals surface area contributed by atoms with Crippen LogP contribution in [0, 0.1) is 12.8 Å². The molecule has 2 heterocycles. The molecule has 1 aliphatic heterocycles. The molecule has 0 bridgehead atoms. The maximum Gasteiger partial charge on any atom is 0.233 e. The first-order chi connectivity index (χ1) is 13.9. The molecule has 1 saturated heterocycles. The van der Waals surface area contributed by atoms with Gasteiger partial charge >= 0.3 is 0 Å². The second kappa shape index (κ2) is 8.28. The standard InChI is InChI=1S/C21H26N2O5S/c1-14-12-20(23-28-14)22-21(24)19(13-15-8-10-27-11-9-15)16-2-4-17(5-3-16)29(25,26)18-6-7-18/h2-5,12,15,18-19H,6-11,13H2,1H3,(H,22,23,24)/t19-/m1/s1. The Morgan fingerprint density at radius 3 is 2.45 bits per heavy atom. The number of benzene rings is 1. The predicted octanol–water partition coefficient (Wildman–Crippen LogP) is 3.46. The highest BCUT2D eigenvalue weighted by molar-refractivity contribution is 7.92. The molecule has 2 fully saturated rings. The smallest absolute Gasteiger partial charge is 0.233 e. The fraction of sp³-hybridized carbons (Fsp3) is 0.524. The molecule has 8 heteroatoms. The van der Waals surface area contributed by atoms with Gasteiger partial charge in [0.25, 0.3) is 0 Å². The lowest BCUT2D eigenvalue weighted by molar-refractivity contribution is -0.118. The molecule has 0 unspecified atom stereocenters. The Balaban J connectivity index is 1.55. The van der Waals surface area contributed by atoms with Crippen LogP contribution in [0.3, 0.4) is 0 Å². The number of aryl methyl sites for hydroxylation is 1. The lowest BCUT2D eigenvalue weighted by Crippen LogP contribution is -2.26. The van der Waals surface area contributed by atoms with E-state index in [1.807, 2.05) is 0 Å². The number of hydrogen-bond acceptors (Lipinski definition) is 6. The summed E-state index contributed by atoms with van der Waals surface area (Å²) in [6.45, 7) is 3.18. The van der Waals surface area contributed by atoms with Gasteiger partial charge in [0.05, 0.1) is 16.1 Å². The number of aromatic nitrogens is 1. The third kappa shape index (κ3) is 4.70. The van der Waals surface area contributed by atoms with Crippen LogP contribution in [0.4, 0.5) is 5.82 Å². The molecule has 1 aromatic heterocycles. The Bertz CT molecular complexity index is 957. The van der Waals surface area contributed by atoms with Gasteiger partial charge in [-0.15, -0.1) is 0 Å². The molecule has 1 atom stereocenters. The number of rotatable bonds is 7. The number of carbonyl (C=O) groups excluding carboxylic acids is 1. The highest BCUT2D eigenvalue weighted by Crippen LogP contribution is 2.35. The largest absolute Gasteiger partial charge is 0.381 e. The highest BCUT2D eigenvalue weighted by atomic mass is 32.2. The Morgan fingerprint density at radius 2 is 1.86 bits per heavy atom. The van der Waals surface area contributed by atoms with Crippen LogP contribution in [0.2, 0.25) is 0 Å². The van der Waals surface area contributed by atoms with Crippen LogP contribution in [0.5, 0.6) is 0 Å². The molecule has 1 aliphatic carbocycles. The van der Waals surface area contributed by atoms with Crippen molar-refractivity contribution in [3.05, 3.63) is 41.7 Å². The second-order valence-electron chi connectivity index (χ2n) is 7.97. The summed E-state index contributed by atoms with van der Waals surface area (Å²) in [6.07, 6.45) is 3.98. The molecule has 2 aromatic rings. The van der Waals surface area contributed by atoms with Crippen LogP contribution in [0.25, 0.3) is 0 Å². The molecule has 29 heavy (non-hydrogen) atoms. The van der Waals surface area contributed by atoms with Gasteiger partial charge in [-0.3, -0.25) is 4.79 Å². The predicted molar refractivity (Wildman–Crippen MR) is 107 cm³/mol. The van der Waals surface area contributed by atoms with Gasteiger partial charge in [-0.1, -0.05) is 17.3 Å². The second-order valence-corrected chi connectivity index (χ2v) is 10.2. The maximum absolute atomic E-state index is 13.1. The van der Waals surface area contributed by atoms with Crippen molar-refractivity contribution in [2.75, 3.05) is 18.5 Å². The fourth-order valence-electron chi connectivity index (χ4n) is 3.81. The number of nitrogens with zero attached hydrogens (tertiary/aromatic N) is 1. The van der Waals surface area contributed by atoms with Gasteiger partial charge < -0.3 is 14.6 Å². The highest BCUT2D eigenvalue weighted by Gasteiger charge is 2.37. The average Bonchev–Trinajstić information content (AvgIpc) is 3.51. The van der Waals surface area contributed by atoms with Crippen molar-refractivity contribution in [2.24, 2.45) is 5.92 Å². The summed E-state index contributed by atoms with van der Waals surface area (Å²) in [5.41, 5.74) is 0.809. The summed E-state index contributed by atoms with van der Waals surface area (Å²) in [5.74, 6) is 0.831. The third-order valence-corrected chi connectivity index (χ3v) is 7.96. The van der Waals surface area contributed by atoms with Gasteiger partial charge in [-0.05, 0) is 62.6 Å². The SMILES string of the molecule is Cc1cc(NC(=O)[C@H](CC2CCOCC2)c2ccc(S(=O)(=O)C3CC3)cc2)no1. The first kappa shape index (κ1) is 20.1. The third-order valence-electron chi connectivity index (χ3n) is 5.68. The van der Waals surface area contributed by atoms with Crippen LogP contribution < -0.4 is 5.32 Å². The number of carbonyl (C=O) groups is 1. The topological polar surface area (TPSA) is 98.5 Å². The van der Waals surface area contributed by atoms with E-state index in [0.29, 0.717) is 42.0 Å². The average molecular weight is 419 g/mol. The number of ether oxygens (including phenoxy) is 1. The molecule has 7 nitrogen and oxygen atoms in total. The first-order valence-corrected chi connectivity index (χ1v) is 11.6. The minimum Gasteiger partial charge on any atom is -0.381 e. The van der Waals surface area contributed by atoms with Crippen LogP contribution in [0.15, 0.2) is 39.8 Å². The Morgan fingerprint density at radius 1 is 1.17 bits per heavy atom. The van der Waals surface area contributed by atoms with Crippen LogP contribution in [0.1, 0.15) is 49.3 Å². The summed E-state index contributed by atoms with van der Waals surface area (Å²) < 4.78 is 35.4. The molecule has 4 rings (SSSR count). The number of anilines is 1. The van der Waals surface area contributed by atoms with E-state index in [-0.39, 0.29) is 11.2 Å². The van der Waals surface area contributed by atoms with Gasteiger partial charge in [-0.25, -0.2) is 8.42 Å². The molecule has 1 aromatic carbocycles. The van der Waals surface area contributed by atoms with E-state index in [1.165, 1.54) is 0 Å². The molecule has 1 N–H and O–H groups in total. The minimum atomic E-state index is -3.24. The summed E-state index contributed by atoms with van der Waals surface area (Å²) in [5, 5.41) is 6.43. The lowest BCUT2D eigenvalue weighted by Gasteiger charge is -2.26. The van der Waals surface area contributed by atoms with Crippen molar-refractivity contribution in [3.63, 3.8) is 0 Å². The monoisotopic (exact) mass is 418 g/mol. The number of sulfone groups is 1. The van der Waals surface area contributed by atoms with Crippen molar-refractivity contribution in [1.82, 2.24) is 5.16 Å². The lowest BCUT2D eigenvalue weighted by atomic mass is 9.84. The summed E-state index contributed by atoms with van der Waals surface area (Å²) in [7, 11) is -3.24. The van der Waals surface area contributed by atoms with Gasteiger partial charge in [-0.2, -0.15) is 0 Å². The van der Waals surface area contributed by atoms with Crippen molar-refractivity contribution in [3.8, 4) is 0 Å². The fourth-order valence-corrected chi connectivity index (χ4v) is 5.47. The van der Waals surface area contributed by atoms with Gasteiger partial charge in [0.15, 0.2) is 15.7 Å². The van der Waals surface area contributed by atoms with Crippen molar-refractivity contribution < 1.29 is 22.5 Å². The van der Waals surface area contributed by atoms with E-state index in [1.54, 1.807) is 37.3 Å². The number of amides is 1. The number of nitrogens with one attached hydrogen (secondary N) is 1. The van der Waals surface area contributed by atoms with Crippen molar-refractivity contribution in [1.29, 1.82) is 0 Å². The van der Waals surface area contributed by atoms with E-state index in [4.69, 9.17) is 9.26 Å². The Kier molecular flexibility index (Phi) is 5.74. The zero-order chi connectivity index (χ0) is 20.4. The maximum atomic E-state index is 13.1. The zero-order valence-electron chi connectivity index (χ0n) is 16.5. The van der Waals surface area contributed by atoms with E-state index in [9.17, 15) is 13.2 Å². The van der Waals surface area contributed by atoms with E-state index >= 15 is 0 Å². The van der Waals surface area contributed by atoms with E-state index < -0.39 is 15.8 Å². The minimum absolute atomic E-state index is 0.164. The van der Waals surface area contributed by atoms with Gasteiger partial charge in [0.1, 0.15) is 5.76 Å². The van der Waals surface area contributed by atoms with Crippen LogP contribution >= 0.6 is 0 Å². The first-order valence-electron chi connectivity index (χ1n) is 10.1. The molecular weight excluding hydrogens is 392 g/mol. The quantitative estimate of drug-likeness (QED) is 0.739. The molecule has 1 saturated carbocycles. The van der Waals surface area contributed by atoms with Gasteiger partial charge in [0.2, 0.25) is 5.91 Å². The summed E-state index contributed by atoms with van der Waals surface area (Å²) in [4.78, 5) is 13.4. The molecular formula is C21H26N2O5S. The van der Waals surface area contributed by atoms with E-state index in [2.05, 4.69) is 10.5 Å². The Hall–Kier alpha value is -2.19. The van der Waals surface area contributed by atoms with Crippen molar-refractivity contribution in [2.45, 2.75) is 55.1 Å². The Labute approximate surface area is 170 Å². The normalized spacial score (nSPS) is 19.1. The molecule has 0 spiro atoms.